The van der Waals surface area contributed by atoms with Gasteiger partial charge in [-0.3, -0.25) is 4.79 Å². The van der Waals surface area contributed by atoms with Crippen molar-refractivity contribution in [3.8, 4) is 17.2 Å². The highest BCUT2D eigenvalue weighted by molar-refractivity contribution is 5.77. The lowest BCUT2D eigenvalue weighted by atomic mass is 10.1. The van der Waals surface area contributed by atoms with Gasteiger partial charge in [0.15, 0.2) is 18.0 Å². The normalized spacial score (nSPS) is 21.2. The molecule has 2 aromatic rings. The van der Waals surface area contributed by atoms with Gasteiger partial charge in [0.2, 0.25) is 0 Å². The largest absolute Gasteiger partial charge is 0.497 e. The first kappa shape index (κ1) is 21.5. The molecule has 3 N–H and O–H groups in total. The van der Waals surface area contributed by atoms with Crippen LogP contribution in [-0.2, 0) is 11.3 Å². The second kappa shape index (κ2) is 10.0. The third-order valence-electron chi connectivity index (χ3n) is 6.13. The highest BCUT2D eigenvalue weighted by atomic mass is 16.6. The molecule has 2 aliphatic heterocycles. The molecule has 1 atom stereocenters. The molecule has 0 aromatic heterocycles. The number of fused-ring (bicyclic) bond motifs is 1. The Labute approximate surface area is 183 Å². The van der Waals surface area contributed by atoms with Gasteiger partial charge in [-0.1, -0.05) is 6.07 Å². The molecule has 0 spiro atoms. The zero-order valence-electron chi connectivity index (χ0n) is 18.4. The molecule has 1 saturated heterocycles. The average molecular weight is 428 g/mol. The van der Waals surface area contributed by atoms with Crippen LogP contribution < -0.4 is 29.3 Å². The molecule has 4 rings (SSSR count). The van der Waals surface area contributed by atoms with E-state index in [2.05, 4.69) is 17.4 Å². The SMILES string of the molecule is COc1ccc(C[NH+]2CC[NH+](CC(=O)N[C@H](C)c3ccc4c(c3)OCCO4)CC2)cc1. The molecule has 0 aliphatic carbocycles. The summed E-state index contributed by atoms with van der Waals surface area (Å²) in [5.41, 5.74) is 2.35. The predicted molar refractivity (Wildman–Crippen MR) is 117 cm³/mol. The van der Waals surface area contributed by atoms with Crippen LogP contribution in [0.25, 0.3) is 0 Å². The van der Waals surface area contributed by atoms with E-state index in [0.717, 1.165) is 55.5 Å². The van der Waals surface area contributed by atoms with Gasteiger partial charge < -0.3 is 29.3 Å². The van der Waals surface area contributed by atoms with E-state index in [1.807, 2.05) is 37.3 Å². The van der Waals surface area contributed by atoms with Gasteiger partial charge >= 0.3 is 0 Å². The number of nitrogens with one attached hydrogen (secondary N) is 3. The summed E-state index contributed by atoms with van der Waals surface area (Å²) in [6.07, 6.45) is 0. The van der Waals surface area contributed by atoms with Crippen LogP contribution in [0.15, 0.2) is 42.5 Å². The van der Waals surface area contributed by atoms with Crippen LogP contribution in [0.2, 0.25) is 0 Å². The Bertz CT molecular complexity index is 879. The molecule has 7 nitrogen and oxygen atoms in total. The molecule has 0 unspecified atom stereocenters. The van der Waals surface area contributed by atoms with Crippen LogP contribution in [0, 0.1) is 0 Å². The minimum atomic E-state index is -0.0651. The van der Waals surface area contributed by atoms with Crippen molar-refractivity contribution < 1.29 is 28.8 Å². The average Bonchev–Trinajstić information content (AvgIpc) is 2.80. The number of hydrogen-bond donors (Lipinski definition) is 3. The van der Waals surface area contributed by atoms with Gasteiger partial charge in [0, 0.05) is 5.56 Å². The van der Waals surface area contributed by atoms with Gasteiger partial charge in [-0.25, -0.2) is 0 Å². The fourth-order valence-electron chi connectivity index (χ4n) is 4.27. The van der Waals surface area contributed by atoms with Crippen molar-refractivity contribution >= 4 is 5.91 Å². The highest BCUT2D eigenvalue weighted by Gasteiger charge is 2.25. The van der Waals surface area contributed by atoms with Crippen molar-refractivity contribution in [1.82, 2.24) is 5.32 Å². The second-order valence-electron chi connectivity index (χ2n) is 8.39. The van der Waals surface area contributed by atoms with Crippen LogP contribution in [0.1, 0.15) is 24.1 Å². The monoisotopic (exact) mass is 427 g/mol. The van der Waals surface area contributed by atoms with E-state index in [0.29, 0.717) is 19.8 Å². The summed E-state index contributed by atoms with van der Waals surface area (Å²) in [5, 5.41) is 3.14. The fourth-order valence-corrected chi connectivity index (χ4v) is 4.27. The molecule has 166 valence electrons. The number of methoxy groups -OCH3 is 1. The molecule has 0 saturated carbocycles. The number of carbonyl (C=O) groups excluding carboxylic acids is 1. The maximum absolute atomic E-state index is 12.6. The Hall–Kier alpha value is -2.77. The number of quaternary nitrogens is 2. The summed E-state index contributed by atoms with van der Waals surface area (Å²) in [5.74, 6) is 2.51. The molecule has 0 bridgehead atoms. The molecular weight excluding hydrogens is 394 g/mol. The predicted octanol–water partition coefficient (Wildman–Crippen LogP) is -0.373. The molecule has 2 aliphatic rings. The van der Waals surface area contributed by atoms with E-state index < -0.39 is 0 Å². The number of benzene rings is 2. The van der Waals surface area contributed by atoms with Crippen molar-refractivity contribution in [1.29, 1.82) is 0 Å². The van der Waals surface area contributed by atoms with Crippen LogP contribution in [0.5, 0.6) is 17.2 Å². The third-order valence-corrected chi connectivity index (χ3v) is 6.13. The van der Waals surface area contributed by atoms with Gasteiger partial charge in [0.05, 0.1) is 13.2 Å². The number of ether oxygens (including phenoxy) is 3. The maximum atomic E-state index is 12.6. The van der Waals surface area contributed by atoms with Crippen molar-refractivity contribution in [2.75, 3.05) is 53.0 Å². The molecular formula is C24H33N3O4+2. The Morgan fingerprint density at radius 1 is 1.00 bits per heavy atom. The first-order chi connectivity index (χ1) is 15.1. The maximum Gasteiger partial charge on any atom is 0.275 e. The minimum absolute atomic E-state index is 0.0651. The lowest BCUT2D eigenvalue weighted by Crippen LogP contribution is -3.28. The molecule has 7 heteroatoms. The van der Waals surface area contributed by atoms with Crippen LogP contribution in [0.4, 0.5) is 0 Å². The zero-order valence-corrected chi connectivity index (χ0v) is 18.4. The Morgan fingerprint density at radius 2 is 1.68 bits per heavy atom. The lowest BCUT2D eigenvalue weighted by molar-refractivity contribution is -1.02. The third kappa shape index (κ3) is 5.68. The van der Waals surface area contributed by atoms with Gasteiger partial charge in [-0.15, -0.1) is 0 Å². The zero-order chi connectivity index (χ0) is 21.6. The van der Waals surface area contributed by atoms with Crippen molar-refractivity contribution in [3.63, 3.8) is 0 Å². The lowest BCUT2D eigenvalue weighted by Gasteiger charge is -2.29. The molecule has 2 aromatic carbocycles. The van der Waals surface area contributed by atoms with E-state index in [-0.39, 0.29) is 11.9 Å². The first-order valence-corrected chi connectivity index (χ1v) is 11.1. The first-order valence-electron chi connectivity index (χ1n) is 11.1. The molecule has 31 heavy (non-hydrogen) atoms. The number of hydrogen-bond acceptors (Lipinski definition) is 4. The van der Waals surface area contributed by atoms with E-state index in [9.17, 15) is 4.79 Å². The van der Waals surface area contributed by atoms with Crippen molar-refractivity contribution in [2.45, 2.75) is 19.5 Å². The molecule has 1 fully saturated rings. The second-order valence-corrected chi connectivity index (χ2v) is 8.39. The number of amides is 1. The van der Waals surface area contributed by atoms with Crippen LogP contribution >= 0.6 is 0 Å². The van der Waals surface area contributed by atoms with Crippen molar-refractivity contribution in [2.24, 2.45) is 0 Å². The summed E-state index contributed by atoms with van der Waals surface area (Å²) in [4.78, 5) is 15.5. The topological polar surface area (TPSA) is 65.7 Å². The summed E-state index contributed by atoms with van der Waals surface area (Å²) in [6.45, 7) is 8.86. The smallest absolute Gasteiger partial charge is 0.275 e. The number of rotatable bonds is 7. The van der Waals surface area contributed by atoms with E-state index in [1.165, 1.54) is 10.5 Å². The quantitative estimate of drug-likeness (QED) is 0.564. The van der Waals surface area contributed by atoms with Gasteiger partial charge in [0.1, 0.15) is 51.7 Å². The van der Waals surface area contributed by atoms with E-state index in [4.69, 9.17) is 14.2 Å². The summed E-state index contributed by atoms with van der Waals surface area (Å²) < 4.78 is 16.5. The fraction of sp³-hybridized carbons (Fsp3) is 0.458. The van der Waals surface area contributed by atoms with Gasteiger partial charge in [0.25, 0.3) is 5.91 Å². The molecule has 0 radical (unpaired) electrons. The summed E-state index contributed by atoms with van der Waals surface area (Å²) in [7, 11) is 1.69. The van der Waals surface area contributed by atoms with Gasteiger partial charge in [-0.05, 0) is 48.9 Å². The van der Waals surface area contributed by atoms with E-state index in [1.54, 1.807) is 12.0 Å². The van der Waals surface area contributed by atoms with Crippen LogP contribution in [-0.4, -0.2) is 59.0 Å². The number of piperazine rings is 1. The van der Waals surface area contributed by atoms with Crippen molar-refractivity contribution in [3.05, 3.63) is 53.6 Å². The molecule has 1 amide bonds. The van der Waals surface area contributed by atoms with Crippen LogP contribution in [0.3, 0.4) is 0 Å². The van der Waals surface area contributed by atoms with E-state index >= 15 is 0 Å². The Morgan fingerprint density at radius 3 is 2.39 bits per heavy atom. The molecule has 2 heterocycles. The van der Waals surface area contributed by atoms with Gasteiger partial charge in [-0.2, -0.15) is 0 Å². The number of carbonyl (C=O) groups is 1. The standard InChI is InChI=1S/C24H31N3O4/c1-18(20-5-8-22-23(15-20)31-14-13-30-22)25-24(28)17-27-11-9-26(10-12-27)16-19-3-6-21(29-2)7-4-19/h3-8,15,18H,9-14,16-17H2,1-2H3,(H,25,28)/p+2/t18-/m1/s1. The summed E-state index contributed by atoms with van der Waals surface area (Å²) >= 11 is 0. The Kier molecular flexibility index (Phi) is 6.94. The Balaban J connectivity index is 1.21. The minimum Gasteiger partial charge on any atom is -0.497 e. The summed E-state index contributed by atoms with van der Waals surface area (Å²) in [6, 6.07) is 14.1. The highest BCUT2D eigenvalue weighted by Crippen LogP contribution is 2.32.